The molecule has 0 amide bonds. The van der Waals surface area contributed by atoms with Crippen molar-refractivity contribution in [2.24, 2.45) is 5.92 Å². The molecule has 2 nitrogen and oxygen atoms in total. The average Bonchev–Trinajstić information content (AvgIpc) is 2.25. The van der Waals surface area contributed by atoms with Crippen molar-refractivity contribution >= 4 is 17.7 Å². The highest BCUT2D eigenvalue weighted by atomic mass is 32.2. The number of thioether (sulfide) groups is 1. The SMILES string of the molecule is CC1CCOC(=O)C1Sc1ccccc1. The number of benzene rings is 1. The van der Waals surface area contributed by atoms with Crippen LogP contribution in [0.15, 0.2) is 35.2 Å². The quantitative estimate of drug-likeness (QED) is 0.720. The van der Waals surface area contributed by atoms with Crippen molar-refractivity contribution in [3.05, 3.63) is 30.3 Å². The van der Waals surface area contributed by atoms with E-state index in [4.69, 9.17) is 4.74 Å². The Hall–Kier alpha value is -0.960. The summed E-state index contributed by atoms with van der Waals surface area (Å²) in [5.74, 6) is 0.332. The van der Waals surface area contributed by atoms with Crippen LogP contribution in [0.2, 0.25) is 0 Å². The largest absolute Gasteiger partial charge is 0.465 e. The zero-order valence-electron chi connectivity index (χ0n) is 8.68. The van der Waals surface area contributed by atoms with Gasteiger partial charge in [-0.15, -0.1) is 11.8 Å². The van der Waals surface area contributed by atoms with Crippen LogP contribution in [0.1, 0.15) is 13.3 Å². The van der Waals surface area contributed by atoms with E-state index < -0.39 is 0 Å². The molecule has 2 rings (SSSR count). The van der Waals surface area contributed by atoms with Gasteiger partial charge in [-0.1, -0.05) is 25.1 Å². The molecule has 1 aromatic rings. The van der Waals surface area contributed by atoms with Crippen LogP contribution < -0.4 is 0 Å². The van der Waals surface area contributed by atoms with Crippen molar-refractivity contribution in [1.82, 2.24) is 0 Å². The van der Waals surface area contributed by atoms with E-state index in [0.717, 1.165) is 11.3 Å². The summed E-state index contributed by atoms with van der Waals surface area (Å²) in [7, 11) is 0. The van der Waals surface area contributed by atoms with E-state index in [2.05, 4.69) is 6.92 Å². The molecule has 0 saturated carbocycles. The Morgan fingerprint density at radius 1 is 1.33 bits per heavy atom. The van der Waals surface area contributed by atoms with E-state index in [1.54, 1.807) is 11.8 Å². The molecule has 1 aromatic carbocycles. The van der Waals surface area contributed by atoms with Gasteiger partial charge in [0.1, 0.15) is 5.25 Å². The molecule has 1 aliphatic heterocycles. The molecule has 0 aliphatic carbocycles. The molecule has 2 atom stereocenters. The van der Waals surface area contributed by atoms with Gasteiger partial charge < -0.3 is 4.74 Å². The number of carbonyl (C=O) groups is 1. The van der Waals surface area contributed by atoms with E-state index in [0.29, 0.717) is 12.5 Å². The molecule has 1 fully saturated rings. The summed E-state index contributed by atoms with van der Waals surface area (Å²) in [5, 5.41) is -0.0406. The molecule has 0 aromatic heterocycles. The molecule has 3 heteroatoms. The summed E-state index contributed by atoms with van der Waals surface area (Å²) in [6, 6.07) is 10.0. The maximum Gasteiger partial charge on any atom is 0.319 e. The number of hydrogen-bond donors (Lipinski definition) is 0. The van der Waals surface area contributed by atoms with Gasteiger partial charge in [0.2, 0.25) is 0 Å². The van der Waals surface area contributed by atoms with Gasteiger partial charge in [-0.2, -0.15) is 0 Å². The molecule has 15 heavy (non-hydrogen) atoms. The molecule has 0 N–H and O–H groups in total. The third-order valence-corrected chi connectivity index (χ3v) is 4.03. The fourth-order valence-electron chi connectivity index (χ4n) is 1.62. The molecule has 0 bridgehead atoms. The molecule has 0 spiro atoms. The number of esters is 1. The maximum atomic E-state index is 11.6. The monoisotopic (exact) mass is 222 g/mol. The second kappa shape index (κ2) is 4.71. The molecule has 1 heterocycles. The zero-order valence-corrected chi connectivity index (χ0v) is 9.50. The van der Waals surface area contributed by atoms with Crippen LogP contribution in [-0.4, -0.2) is 17.8 Å². The van der Waals surface area contributed by atoms with Crippen molar-refractivity contribution in [1.29, 1.82) is 0 Å². The number of cyclic esters (lactones) is 1. The Labute approximate surface area is 94.0 Å². The van der Waals surface area contributed by atoms with Crippen LogP contribution in [0, 0.1) is 5.92 Å². The van der Waals surface area contributed by atoms with Gasteiger partial charge >= 0.3 is 5.97 Å². The van der Waals surface area contributed by atoms with Crippen molar-refractivity contribution in [3.8, 4) is 0 Å². The molecular weight excluding hydrogens is 208 g/mol. The second-order valence-corrected chi connectivity index (χ2v) is 5.00. The molecule has 1 aliphatic rings. The Bertz CT molecular complexity index is 337. The van der Waals surface area contributed by atoms with Crippen LogP contribution in [0.3, 0.4) is 0 Å². The Morgan fingerprint density at radius 2 is 2.07 bits per heavy atom. The fraction of sp³-hybridized carbons (Fsp3) is 0.417. The van der Waals surface area contributed by atoms with E-state index in [-0.39, 0.29) is 11.2 Å². The summed E-state index contributed by atoms with van der Waals surface area (Å²) < 4.78 is 5.07. The second-order valence-electron chi connectivity index (χ2n) is 3.78. The summed E-state index contributed by atoms with van der Waals surface area (Å²) >= 11 is 1.61. The van der Waals surface area contributed by atoms with Crippen molar-refractivity contribution in [3.63, 3.8) is 0 Å². The highest BCUT2D eigenvalue weighted by Gasteiger charge is 2.31. The Balaban J connectivity index is 2.07. The third kappa shape index (κ3) is 2.53. The number of ether oxygens (including phenoxy) is 1. The molecule has 1 saturated heterocycles. The highest BCUT2D eigenvalue weighted by Crippen LogP contribution is 2.32. The van der Waals surface area contributed by atoms with Crippen LogP contribution in [0.4, 0.5) is 0 Å². The Morgan fingerprint density at radius 3 is 2.73 bits per heavy atom. The summed E-state index contributed by atoms with van der Waals surface area (Å²) in [6.45, 7) is 2.69. The lowest BCUT2D eigenvalue weighted by molar-refractivity contribution is -0.147. The normalized spacial score (nSPS) is 26.1. The van der Waals surface area contributed by atoms with E-state index in [9.17, 15) is 4.79 Å². The first-order valence-corrected chi connectivity index (χ1v) is 6.03. The zero-order chi connectivity index (χ0) is 10.7. The minimum absolute atomic E-state index is 0.0406. The van der Waals surface area contributed by atoms with Crippen LogP contribution in [-0.2, 0) is 9.53 Å². The molecule has 2 unspecified atom stereocenters. The van der Waals surface area contributed by atoms with Crippen LogP contribution in [0.5, 0.6) is 0 Å². The minimum Gasteiger partial charge on any atom is -0.465 e. The lowest BCUT2D eigenvalue weighted by atomic mass is 10.0. The van der Waals surface area contributed by atoms with Crippen LogP contribution in [0.25, 0.3) is 0 Å². The van der Waals surface area contributed by atoms with Crippen molar-refractivity contribution < 1.29 is 9.53 Å². The topological polar surface area (TPSA) is 26.3 Å². The van der Waals surface area contributed by atoms with Gasteiger partial charge in [-0.25, -0.2) is 0 Å². The van der Waals surface area contributed by atoms with Gasteiger partial charge in [-0.3, -0.25) is 4.79 Å². The number of rotatable bonds is 2. The lowest BCUT2D eigenvalue weighted by Crippen LogP contribution is -2.33. The summed E-state index contributed by atoms with van der Waals surface area (Å²) in [4.78, 5) is 12.7. The van der Waals surface area contributed by atoms with Gasteiger partial charge in [0.05, 0.1) is 6.61 Å². The standard InChI is InChI=1S/C12H14O2S/c1-9-7-8-14-12(13)11(9)15-10-5-3-2-4-6-10/h2-6,9,11H,7-8H2,1H3. The van der Waals surface area contributed by atoms with Crippen molar-refractivity contribution in [2.75, 3.05) is 6.61 Å². The minimum atomic E-state index is -0.0670. The first-order valence-electron chi connectivity index (χ1n) is 5.16. The first kappa shape index (κ1) is 10.6. The highest BCUT2D eigenvalue weighted by molar-refractivity contribution is 8.00. The summed E-state index contributed by atoms with van der Waals surface area (Å²) in [6.07, 6.45) is 0.968. The first-order chi connectivity index (χ1) is 7.27. The van der Waals surface area contributed by atoms with Gasteiger partial charge in [0, 0.05) is 4.90 Å². The average molecular weight is 222 g/mol. The third-order valence-electron chi connectivity index (χ3n) is 2.57. The molecule has 80 valence electrons. The number of carbonyl (C=O) groups excluding carboxylic acids is 1. The van der Waals surface area contributed by atoms with Crippen LogP contribution >= 0.6 is 11.8 Å². The van der Waals surface area contributed by atoms with Gasteiger partial charge in [-0.05, 0) is 24.5 Å². The maximum absolute atomic E-state index is 11.6. The van der Waals surface area contributed by atoms with E-state index in [1.807, 2.05) is 30.3 Å². The molecule has 0 radical (unpaired) electrons. The van der Waals surface area contributed by atoms with E-state index >= 15 is 0 Å². The lowest BCUT2D eigenvalue weighted by Gasteiger charge is -2.26. The smallest absolute Gasteiger partial charge is 0.319 e. The van der Waals surface area contributed by atoms with Gasteiger partial charge in [0.15, 0.2) is 0 Å². The van der Waals surface area contributed by atoms with E-state index in [1.165, 1.54) is 0 Å². The number of hydrogen-bond acceptors (Lipinski definition) is 3. The predicted molar refractivity (Wildman–Crippen MR) is 60.8 cm³/mol. The summed E-state index contributed by atoms with van der Waals surface area (Å²) in [5.41, 5.74) is 0. The fourth-order valence-corrected chi connectivity index (χ4v) is 2.76. The predicted octanol–water partition coefficient (Wildman–Crippen LogP) is 2.73. The molecular formula is C12H14O2S. The van der Waals surface area contributed by atoms with Crippen molar-refractivity contribution in [2.45, 2.75) is 23.5 Å². The van der Waals surface area contributed by atoms with Gasteiger partial charge in [0.25, 0.3) is 0 Å². The Kier molecular flexibility index (Phi) is 3.31.